The van der Waals surface area contributed by atoms with Crippen molar-refractivity contribution in [2.24, 2.45) is 5.10 Å². The molecule has 1 N–H and O–H groups in total. The fourth-order valence-corrected chi connectivity index (χ4v) is 2.11. The monoisotopic (exact) mass is 292 g/mol. The summed E-state index contributed by atoms with van der Waals surface area (Å²) in [5, 5.41) is 6.17. The lowest BCUT2D eigenvalue weighted by Gasteiger charge is -2.01. The summed E-state index contributed by atoms with van der Waals surface area (Å²) in [6.07, 6.45) is 0.435. The van der Waals surface area contributed by atoms with Gasteiger partial charge in [0, 0.05) is 5.02 Å². The predicted molar refractivity (Wildman–Crippen MR) is 77.2 cm³/mol. The fraction of sp³-hybridized carbons (Fsp3) is 0. The Bertz CT molecular complexity index is 606. The molecule has 0 unspecified atom stereocenters. The highest BCUT2D eigenvalue weighted by molar-refractivity contribution is 7.13. The molecule has 0 aliphatic rings. The van der Waals surface area contributed by atoms with E-state index in [4.69, 9.17) is 11.6 Å². The van der Waals surface area contributed by atoms with Crippen LogP contribution in [0.25, 0.3) is 0 Å². The molecule has 1 heterocycles. The maximum atomic E-state index is 11.9. The van der Waals surface area contributed by atoms with E-state index in [2.05, 4.69) is 10.5 Å². The predicted octanol–water partition coefficient (Wildman–Crippen LogP) is 3.25. The molecule has 2 aromatic rings. The molecule has 0 atom stereocenters. The van der Waals surface area contributed by atoms with Crippen molar-refractivity contribution in [2.75, 3.05) is 5.43 Å². The van der Waals surface area contributed by atoms with Gasteiger partial charge in [0.15, 0.2) is 12.0 Å². The van der Waals surface area contributed by atoms with Gasteiger partial charge in [0.25, 0.3) is 0 Å². The van der Waals surface area contributed by atoms with E-state index in [1.165, 1.54) is 11.3 Å². The van der Waals surface area contributed by atoms with E-state index in [1.807, 2.05) is 0 Å². The first kappa shape index (κ1) is 13.5. The summed E-state index contributed by atoms with van der Waals surface area (Å²) in [5.41, 5.74) is 3.12. The Morgan fingerprint density at radius 1 is 1.26 bits per heavy atom. The van der Waals surface area contributed by atoms with Gasteiger partial charge in [-0.15, -0.1) is 11.3 Å². The number of carbonyl (C=O) groups is 2. The maximum absolute atomic E-state index is 11.9. The van der Waals surface area contributed by atoms with Crippen LogP contribution in [-0.4, -0.2) is 17.8 Å². The van der Waals surface area contributed by atoms with Gasteiger partial charge in [0.1, 0.15) is 0 Å². The zero-order valence-corrected chi connectivity index (χ0v) is 11.2. The summed E-state index contributed by atoms with van der Waals surface area (Å²) in [6, 6.07) is 10.1. The minimum atomic E-state index is -0.397. The number of aldehydes is 1. The highest BCUT2D eigenvalue weighted by Crippen LogP contribution is 2.14. The van der Waals surface area contributed by atoms with Gasteiger partial charge < -0.3 is 0 Å². The SMILES string of the molecule is O=CC(=NNc1ccc(Cl)cc1)C(=O)c1cccs1. The highest BCUT2D eigenvalue weighted by atomic mass is 35.5. The topological polar surface area (TPSA) is 58.5 Å². The van der Waals surface area contributed by atoms with Crippen LogP contribution in [0.5, 0.6) is 0 Å². The number of hydrazone groups is 1. The largest absolute Gasteiger partial charge is 0.296 e. The second-order valence-corrected chi connectivity index (χ2v) is 4.92. The lowest BCUT2D eigenvalue weighted by Crippen LogP contribution is -2.16. The molecule has 0 aliphatic heterocycles. The molecule has 6 heteroatoms. The van der Waals surface area contributed by atoms with Crippen LogP contribution in [0.15, 0.2) is 46.9 Å². The number of anilines is 1. The van der Waals surface area contributed by atoms with E-state index in [0.717, 1.165) is 0 Å². The number of Topliss-reactive ketones (excluding diaryl/α,β-unsaturated/α-hetero) is 1. The minimum Gasteiger partial charge on any atom is -0.296 e. The zero-order chi connectivity index (χ0) is 13.7. The van der Waals surface area contributed by atoms with Gasteiger partial charge in [-0.3, -0.25) is 15.0 Å². The molecule has 0 aliphatic carbocycles. The molecule has 0 saturated heterocycles. The van der Waals surface area contributed by atoms with Gasteiger partial charge in [-0.1, -0.05) is 17.7 Å². The number of rotatable bonds is 5. The number of ketones is 1. The standard InChI is InChI=1S/C13H9ClN2O2S/c14-9-3-5-10(6-4-9)15-16-11(8-17)13(18)12-2-1-7-19-12/h1-8,15H. The van der Waals surface area contributed by atoms with Crippen molar-refractivity contribution in [3.05, 3.63) is 51.7 Å². The molecule has 4 nitrogen and oxygen atoms in total. The normalized spacial score (nSPS) is 11.1. The number of halogens is 1. The summed E-state index contributed by atoms with van der Waals surface area (Å²) < 4.78 is 0. The molecular formula is C13H9ClN2O2S. The van der Waals surface area contributed by atoms with Gasteiger partial charge >= 0.3 is 0 Å². The number of hydrogen-bond acceptors (Lipinski definition) is 5. The molecular weight excluding hydrogens is 284 g/mol. The van der Waals surface area contributed by atoms with Crippen LogP contribution in [0.4, 0.5) is 5.69 Å². The quantitative estimate of drug-likeness (QED) is 0.302. The van der Waals surface area contributed by atoms with Gasteiger partial charge in [0.2, 0.25) is 5.78 Å². The molecule has 2 rings (SSSR count). The van der Waals surface area contributed by atoms with E-state index in [9.17, 15) is 9.59 Å². The van der Waals surface area contributed by atoms with Crippen molar-refractivity contribution in [2.45, 2.75) is 0 Å². The smallest absolute Gasteiger partial charge is 0.226 e. The number of thiophene rings is 1. The third-order valence-electron chi connectivity index (χ3n) is 2.24. The van der Waals surface area contributed by atoms with E-state index in [-0.39, 0.29) is 5.71 Å². The second kappa shape index (κ2) is 6.26. The summed E-state index contributed by atoms with van der Waals surface area (Å²) >= 11 is 7.01. The van der Waals surface area contributed by atoms with Crippen LogP contribution >= 0.6 is 22.9 Å². The number of nitrogens with one attached hydrogen (secondary N) is 1. The molecule has 0 saturated carbocycles. The van der Waals surface area contributed by atoms with Crippen LogP contribution in [-0.2, 0) is 4.79 Å². The van der Waals surface area contributed by atoms with Crippen molar-refractivity contribution >= 4 is 46.4 Å². The third kappa shape index (κ3) is 3.49. The Balaban J connectivity index is 2.13. The van der Waals surface area contributed by atoms with Gasteiger partial charge in [-0.2, -0.15) is 5.10 Å². The first-order valence-electron chi connectivity index (χ1n) is 5.33. The number of carbonyl (C=O) groups excluding carboxylic acids is 2. The first-order chi connectivity index (χ1) is 9.20. The molecule has 1 aromatic heterocycles. The van der Waals surface area contributed by atoms with Gasteiger partial charge in [-0.05, 0) is 35.7 Å². The molecule has 0 radical (unpaired) electrons. The minimum absolute atomic E-state index is 0.169. The number of benzene rings is 1. The van der Waals surface area contributed by atoms with Gasteiger partial charge in [-0.25, -0.2) is 0 Å². The average molecular weight is 293 g/mol. The van der Waals surface area contributed by atoms with Crippen molar-refractivity contribution in [1.82, 2.24) is 0 Å². The Morgan fingerprint density at radius 3 is 2.58 bits per heavy atom. The first-order valence-corrected chi connectivity index (χ1v) is 6.59. The van der Waals surface area contributed by atoms with E-state index in [1.54, 1.807) is 41.8 Å². The second-order valence-electron chi connectivity index (χ2n) is 3.54. The molecule has 0 fully saturated rings. The van der Waals surface area contributed by atoms with Crippen molar-refractivity contribution in [3.8, 4) is 0 Å². The highest BCUT2D eigenvalue weighted by Gasteiger charge is 2.14. The lowest BCUT2D eigenvalue weighted by molar-refractivity contribution is -0.102. The van der Waals surface area contributed by atoms with Crippen LogP contribution in [0.2, 0.25) is 5.02 Å². The summed E-state index contributed by atoms with van der Waals surface area (Å²) in [4.78, 5) is 23.3. The summed E-state index contributed by atoms with van der Waals surface area (Å²) in [6.45, 7) is 0. The van der Waals surface area contributed by atoms with Crippen LogP contribution < -0.4 is 5.43 Å². The van der Waals surface area contributed by atoms with Crippen LogP contribution in [0.1, 0.15) is 9.67 Å². The lowest BCUT2D eigenvalue weighted by atomic mass is 10.2. The molecule has 96 valence electrons. The molecule has 1 aromatic carbocycles. The number of hydrogen-bond donors (Lipinski definition) is 1. The fourth-order valence-electron chi connectivity index (χ4n) is 1.31. The maximum Gasteiger partial charge on any atom is 0.226 e. The third-order valence-corrected chi connectivity index (χ3v) is 3.36. The molecule has 0 bridgehead atoms. The van der Waals surface area contributed by atoms with Crippen molar-refractivity contribution in [3.63, 3.8) is 0 Å². The van der Waals surface area contributed by atoms with E-state index in [0.29, 0.717) is 21.9 Å². The Kier molecular flexibility index (Phi) is 4.43. The summed E-state index contributed by atoms with van der Waals surface area (Å²) in [5.74, 6) is -0.397. The molecule has 0 amide bonds. The van der Waals surface area contributed by atoms with Crippen LogP contribution in [0, 0.1) is 0 Å². The summed E-state index contributed by atoms with van der Waals surface area (Å²) in [7, 11) is 0. The zero-order valence-electron chi connectivity index (χ0n) is 9.67. The molecule has 0 spiro atoms. The Hall–Kier alpha value is -1.98. The Morgan fingerprint density at radius 2 is 2.00 bits per heavy atom. The number of nitrogens with zero attached hydrogens (tertiary/aromatic N) is 1. The van der Waals surface area contributed by atoms with E-state index < -0.39 is 5.78 Å². The van der Waals surface area contributed by atoms with Gasteiger partial charge in [0.05, 0.1) is 10.6 Å². The van der Waals surface area contributed by atoms with Crippen molar-refractivity contribution < 1.29 is 9.59 Å². The Labute approximate surface area is 118 Å². The van der Waals surface area contributed by atoms with E-state index >= 15 is 0 Å². The van der Waals surface area contributed by atoms with Crippen molar-refractivity contribution in [1.29, 1.82) is 0 Å². The van der Waals surface area contributed by atoms with Crippen LogP contribution in [0.3, 0.4) is 0 Å². The molecule has 19 heavy (non-hydrogen) atoms. The average Bonchev–Trinajstić information content (AvgIpc) is 2.95.